The van der Waals surface area contributed by atoms with Gasteiger partial charge in [0, 0.05) is 17.4 Å². The van der Waals surface area contributed by atoms with E-state index in [1.807, 2.05) is 88.3 Å². The van der Waals surface area contributed by atoms with Crippen molar-refractivity contribution in [3.05, 3.63) is 57.9 Å². The largest absolute Gasteiger partial charge is 0.511 e. The van der Waals surface area contributed by atoms with Gasteiger partial charge in [-0.2, -0.15) is 0 Å². The lowest BCUT2D eigenvalue weighted by molar-refractivity contribution is -0.178. The van der Waals surface area contributed by atoms with Crippen molar-refractivity contribution >= 4 is 17.3 Å². The minimum absolute atomic E-state index is 0.00810. The molecule has 0 spiro atoms. The summed E-state index contributed by atoms with van der Waals surface area (Å²) in [6.07, 6.45) is 10.3. The molecule has 4 nitrogen and oxygen atoms in total. The zero-order valence-corrected chi connectivity index (χ0v) is 26.4. The number of carbonyl (C=O) groups is 3. The summed E-state index contributed by atoms with van der Waals surface area (Å²) in [5, 5.41) is 11.9. The van der Waals surface area contributed by atoms with E-state index in [1.165, 1.54) is 0 Å². The second kappa shape index (κ2) is 12.4. The van der Waals surface area contributed by atoms with E-state index >= 15 is 4.79 Å². The molecule has 216 valence electrons. The number of ketones is 3. The Bertz CT molecular complexity index is 1140. The molecule has 2 aliphatic rings. The minimum Gasteiger partial charge on any atom is -0.511 e. The van der Waals surface area contributed by atoms with Gasteiger partial charge >= 0.3 is 0 Å². The van der Waals surface area contributed by atoms with E-state index in [0.717, 1.165) is 22.3 Å². The zero-order valence-electron chi connectivity index (χ0n) is 26.4. The number of allylic oxidation sites excluding steroid dienone is 10. The van der Waals surface area contributed by atoms with Gasteiger partial charge in [-0.25, -0.2) is 0 Å². The summed E-state index contributed by atoms with van der Waals surface area (Å²) in [5.74, 6) is -1.44. The van der Waals surface area contributed by atoms with Gasteiger partial charge in [0.1, 0.15) is 5.76 Å². The van der Waals surface area contributed by atoms with Crippen LogP contribution in [0.25, 0.3) is 0 Å². The van der Waals surface area contributed by atoms with Gasteiger partial charge in [-0.1, -0.05) is 67.4 Å². The van der Waals surface area contributed by atoms with Gasteiger partial charge < -0.3 is 5.11 Å². The Morgan fingerprint density at radius 2 is 1.38 bits per heavy atom. The molecule has 0 unspecified atom stereocenters. The predicted molar refractivity (Wildman–Crippen MR) is 161 cm³/mol. The Labute approximate surface area is 237 Å². The second-order valence-corrected chi connectivity index (χ2v) is 13.6. The van der Waals surface area contributed by atoms with Crippen LogP contribution < -0.4 is 0 Å². The normalized spacial score (nSPS) is 28.3. The average Bonchev–Trinajstić information content (AvgIpc) is 2.80. The highest BCUT2D eigenvalue weighted by atomic mass is 16.3. The summed E-state index contributed by atoms with van der Waals surface area (Å²) < 4.78 is 0. The van der Waals surface area contributed by atoms with Crippen molar-refractivity contribution in [2.24, 2.45) is 28.1 Å². The first-order valence-corrected chi connectivity index (χ1v) is 14.6. The standard InChI is InChI=1S/C35H52O4/c1-22(2)12-14-27-21-34(19-17-25(7)8)30(37)28(15-13-23(3)4)31(38)35(32(34)39,29(36)20-26(9)10)33(27,11)18-16-24(5)6/h12-13,16-17,26-27,37H,14-15,18-21H2,1-11H3/t27-,33+,34+,35-/m0/s1. The van der Waals surface area contributed by atoms with Crippen molar-refractivity contribution in [3.63, 3.8) is 0 Å². The monoisotopic (exact) mass is 536 g/mol. The van der Waals surface area contributed by atoms with Crippen molar-refractivity contribution < 1.29 is 19.5 Å². The van der Waals surface area contributed by atoms with Gasteiger partial charge in [-0.3, -0.25) is 14.4 Å². The Kier molecular flexibility index (Phi) is 10.4. The summed E-state index contributed by atoms with van der Waals surface area (Å²) in [5.41, 5.74) is 0.453. The van der Waals surface area contributed by atoms with Crippen LogP contribution in [0.1, 0.15) is 115 Å². The first kappa shape index (κ1) is 32.7. The maximum atomic E-state index is 15.0. The third-order valence-corrected chi connectivity index (χ3v) is 8.81. The molecular formula is C35H52O4. The molecule has 0 aromatic rings. The molecule has 4 atom stereocenters. The molecule has 0 heterocycles. The molecule has 0 aliphatic heterocycles. The molecular weight excluding hydrogens is 484 g/mol. The number of Topliss-reactive ketones (excluding diaryl/α,β-unsaturated/α-hetero) is 3. The van der Waals surface area contributed by atoms with E-state index in [1.54, 1.807) is 0 Å². The maximum Gasteiger partial charge on any atom is 0.184 e. The van der Waals surface area contributed by atoms with Crippen molar-refractivity contribution in [3.8, 4) is 0 Å². The van der Waals surface area contributed by atoms with E-state index in [0.29, 0.717) is 19.3 Å². The molecule has 1 saturated carbocycles. The van der Waals surface area contributed by atoms with E-state index in [2.05, 4.69) is 12.2 Å². The SMILES string of the molecule is CC(C)=CCC1=C(O)[C@@]2(CC=C(C)C)C[C@H](CC=C(C)C)[C@@](C)(CC=C(C)C)[C@@](C(=O)CC(C)C)(C1=O)C2=O. The number of fused-ring (bicyclic) bond motifs is 2. The number of aliphatic hydroxyl groups is 1. The van der Waals surface area contributed by atoms with E-state index in [4.69, 9.17) is 0 Å². The Hall–Kier alpha value is -2.49. The molecule has 0 amide bonds. The second-order valence-electron chi connectivity index (χ2n) is 13.6. The predicted octanol–water partition coefficient (Wildman–Crippen LogP) is 8.99. The first-order chi connectivity index (χ1) is 18.0. The quantitative estimate of drug-likeness (QED) is 0.211. The highest BCUT2D eigenvalue weighted by Crippen LogP contribution is 2.67. The molecule has 0 aromatic heterocycles. The van der Waals surface area contributed by atoms with Gasteiger partial charge in [0.25, 0.3) is 0 Å². The van der Waals surface area contributed by atoms with Crippen molar-refractivity contribution in [2.45, 2.75) is 115 Å². The van der Waals surface area contributed by atoms with Crippen molar-refractivity contribution in [2.75, 3.05) is 0 Å². The van der Waals surface area contributed by atoms with Crippen molar-refractivity contribution in [1.82, 2.24) is 0 Å². The molecule has 0 saturated heterocycles. The van der Waals surface area contributed by atoms with Gasteiger partial charge in [-0.05, 0) is 99.3 Å². The molecule has 1 fully saturated rings. The molecule has 39 heavy (non-hydrogen) atoms. The van der Waals surface area contributed by atoms with Gasteiger partial charge in [-0.15, -0.1) is 0 Å². The highest BCUT2D eigenvalue weighted by molar-refractivity contribution is 6.33. The fourth-order valence-corrected chi connectivity index (χ4v) is 6.55. The zero-order chi connectivity index (χ0) is 29.9. The molecule has 4 heteroatoms. The number of aliphatic hydroxyl groups excluding tert-OH is 1. The average molecular weight is 537 g/mol. The van der Waals surface area contributed by atoms with E-state index in [-0.39, 0.29) is 54.0 Å². The van der Waals surface area contributed by atoms with Gasteiger partial charge in [0.2, 0.25) is 0 Å². The van der Waals surface area contributed by atoms with Crippen LogP contribution in [0.5, 0.6) is 0 Å². The highest BCUT2D eigenvalue weighted by Gasteiger charge is 2.75. The number of rotatable bonds is 11. The number of carbonyl (C=O) groups excluding carboxylic acids is 3. The van der Waals surface area contributed by atoms with Crippen LogP contribution in [0.3, 0.4) is 0 Å². The molecule has 0 radical (unpaired) electrons. The molecule has 2 bridgehead atoms. The fraction of sp³-hybridized carbons (Fsp3) is 0.629. The maximum absolute atomic E-state index is 15.0. The summed E-state index contributed by atoms with van der Waals surface area (Å²) in [7, 11) is 0. The third kappa shape index (κ3) is 6.00. The number of hydrogen-bond donors (Lipinski definition) is 1. The van der Waals surface area contributed by atoms with E-state index < -0.39 is 22.0 Å². The lowest BCUT2D eigenvalue weighted by Crippen LogP contribution is -2.70. The Morgan fingerprint density at radius 1 is 0.872 bits per heavy atom. The lowest BCUT2D eigenvalue weighted by atomic mass is 9.38. The molecule has 0 aromatic carbocycles. The van der Waals surface area contributed by atoms with Crippen LogP contribution in [0.4, 0.5) is 0 Å². The topological polar surface area (TPSA) is 71.4 Å². The summed E-state index contributed by atoms with van der Waals surface area (Å²) >= 11 is 0. The fourth-order valence-electron chi connectivity index (χ4n) is 6.55. The molecule has 2 rings (SSSR count). The lowest BCUT2D eigenvalue weighted by Gasteiger charge is -2.60. The van der Waals surface area contributed by atoms with E-state index in [9.17, 15) is 14.7 Å². The first-order valence-electron chi connectivity index (χ1n) is 14.6. The Morgan fingerprint density at radius 3 is 1.87 bits per heavy atom. The van der Waals surface area contributed by atoms with Crippen molar-refractivity contribution in [1.29, 1.82) is 0 Å². The van der Waals surface area contributed by atoms with Gasteiger partial charge in [0.15, 0.2) is 22.8 Å². The van der Waals surface area contributed by atoms with Crippen LogP contribution in [-0.4, -0.2) is 22.5 Å². The summed E-state index contributed by atoms with van der Waals surface area (Å²) in [6.45, 7) is 21.9. The minimum atomic E-state index is -1.84. The van der Waals surface area contributed by atoms with Crippen LogP contribution >= 0.6 is 0 Å². The Balaban J connectivity index is 3.12. The van der Waals surface area contributed by atoms with Gasteiger partial charge in [0.05, 0.1) is 5.41 Å². The molecule has 1 N–H and O–H groups in total. The third-order valence-electron chi connectivity index (χ3n) is 8.81. The summed E-state index contributed by atoms with van der Waals surface area (Å²) in [4.78, 5) is 44.4. The van der Waals surface area contributed by atoms with Crippen LogP contribution in [0, 0.1) is 28.1 Å². The number of hydrogen-bond acceptors (Lipinski definition) is 4. The van der Waals surface area contributed by atoms with Crippen LogP contribution in [0.2, 0.25) is 0 Å². The van der Waals surface area contributed by atoms with Crippen LogP contribution in [-0.2, 0) is 14.4 Å². The summed E-state index contributed by atoms with van der Waals surface area (Å²) in [6, 6.07) is 0. The van der Waals surface area contributed by atoms with Crippen LogP contribution in [0.15, 0.2) is 57.9 Å². The smallest absolute Gasteiger partial charge is 0.184 e. The molecule has 2 aliphatic carbocycles.